The van der Waals surface area contributed by atoms with Crippen LogP contribution in [0.25, 0.3) is 0 Å². The molecule has 0 saturated carbocycles. The van der Waals surface area contributed by atoms with Crippen molar-refractivity contribution in [2.45, 2.75) is 38.3 Å². The molecule has 1 aliphatic rings. The van der Waals surface area contributed by atoms with Crippen LogP contribution in [-0.4, -0.2) is 51.7 Å². The van der Waals surface area contributed by atoms with Crippen molar-refractivity contribution in [2.75, 3.05) is 6.54 Å². The Hall–Kier alpha value is -1.79. The number of amides is 2. The molecule has 2 atom stereocenters. The van der Waals surface area contributed by atoms with Gasteiger partial charge >= 0.3 is 18.0 Å². The van der Waals surface area contributed by atoms with Crippen molar-refractivity contribution >= 4 is 18.0 Å². The molecule has 0 aromatic heterocycles. The Labute approximate surface area is 98.4 Å². The minimum absolute atomic E-state index is 0.0641. The zero-order valence-electron chi connectivity index (χ0n) is 9.55. The number of carboxylic acid groups (broad SMARTS) is 2. The number of carbonyl (C=O) groups is 3. The Morgan fingerprint density at radius 1 is 1.41 bits per heavy atom. The molecular weight excluding hydrogens is 228 g/mol. The predicted molar refractivity (Wildman–Crippen MR) is 57.6 cm³/mol. The van der Waals surface area contributed by atoms with E-state index in [4.69, 9.17) is 10.2 Å². The summed E-state index contributed by atoms with van der Waals surface area (Å²) in [5.41, 5.74) is 0. The average molecular weight is 244 g/mol. The lowest BCUT2D eigenvalue weighted by atomic mass is 10.2. The molecule has 0 aliphatic carbocycles. The van der Waals surface area contributed by atoms with Crippen molar-refractivity contribution < 1.29 is 24.6 Å². The second-order valence-electron chi connectivity index (χ2n) is 4.12. The highest BCUT2D eigenvalue weighted by Crippen LogP contribution is 2.16. The molecule has 0 spiro atoms. The minimum Gasteiger partial charge on any atom is -0.481 e. The van der Waals surface area contributed by atoms with E-state index in [0.29, 0.717) is 6.54 Å². The Kier molecular flexibility index (Phi) is 4.30. The summed E-state index contributed by atoms with van der Waals surface area (Å²) in [7, 11) is 0. The summed E-state index contributed by atoms with van der Waals surface area (Å²) in [5.74, 6) is -2.60. The molecule has 1 rings (SSSR count). The summed E-state index contributed by atoms with van der Waals surface area (Å²) < 4.78 is 0. The van der Waals surface area contributed by atoms with Crippen molar-refractivity contribution in [3.8, 4) is 0 Å². The molecule has 1 saturated heterocycles. The van der Waals surface area contributed by atoms with Crippen LogP contribution in [0.5, 0.6) is 0 Å². The summed E-state index contributed by atoms with van der Waals surface area (Å²) in [4.78, 5) is 34.5. The van der Waals surface area contributed by atoms with Gasteiger partial charge in [0.1, 0.15) is 6.04 Å². The van der Waals surface area contributed by atoms with E-state index in [1.54, 1.807) is 0 Å². The summed E-state index contributed by atoms with van der Waals surface area (Å²) in [6.07, 6.45) is 1.14. The van der Waals surface area contributed by atoms with Gasteiger partial charge < -0.3 is 20.4 Å². The van der Waals surface area contributed by atoms with Crippen LogP contribution in [0.2, 0.25) is 0 Å². The topological polar surface area (TPSA) is 107 Å². The van der Waals surface area contributed by atoms with Crippen molar-refractivity contribution in [1.82, 2.24) is 10.2 Å². The van der Waals surface area contributed by atoms with Gasteiger partial charge in [0.05, 0.1) is 6.42 Å². The van der Waals surface area contributed by atoms with E-state index in [1.165, 1.54) is 4.90 Å². The number of nitrogens with one attached hydrogen (secondary N) is 1. The van der Waals surface area contributed by atoms with Gasteiger partial charge in [-0.3, -0.25) is 4.79 Å². The van der Waals surface area contributed by atoms with Crippen LogP contribution >= 0.6 is 0 Å². The fourth-order valence-electron chi connectivity index (χ4n) is 1.84. The van der Waals surface area contributed by atoms with Gasteiger partial charge in [0.25, 0.3) is 0 Å². The van der Waals surface area contributed by atoms with Crippen LogP contribution < -0.4 is 5.32 Å². The minimum atomic E-state index is -1.38. The summed E-state index contributed by atoms with van der Waals surface area (Å²) in [6, 6.07) is -1.83. The van der Waals surface area contributed by atoms with Crippen LogP contribution in [-0.2, 0) is 9.59 Å². The van der Waals surface area contributed by atoms with E-state index in [0.717, 1.165) is 12.8 Å². The van der Waals surface area contributed by atoms with Gasteiger partial charge in [-0.05, 0) is 19.8 Å². The third-order valence-corrected chi connectivity index (χ3v) is 2.79. The highest BCUT2D eigenvalue weighted by Gasteiger charge is 2.29. The van der Waals surface area contributed by atoms with Crippen molar-refractivity contribution in [3.63, 3.8) is 0 Å². The van der Waals surface area contributed by atoms with E-state index in [2.05, 4.69) is 5.32 Å². The van der Waals surface area contributed by atoms with Crippen LogP contribution in [0, 0.1) is 0 Å². The van der Waals surface area contributed by atoms with Crippen LogP contribution in [0.15, 0.2) is 0 Å². The zero-order valence-corrected chi connectivity index (χ0v) is 9.55. The number of carbonyl (C=O) groups excluding carboxylic acids is 1. The lowest BCUT2D eigenvalue weighted by Crippen LogP contribution is -2.49. The Morgan fingerprint density at radius 3 is 2.47 bits per heavy atom. The number of hydrogen-bond acceptors (Lipinski definition) is 3. The molecule has 2 amide bonds. The first-order valence-electron chi connectivity index (χ1n) is 5.43. The van der Waals surface area contributed by atoms with Gasteiger partial charge in [0, 0.05) is 12.6 Å². The molecule has 3 N–H and O–H groups in total. The normalized spacial score (nSPS) is 21.0. The maximum Gasteiger partial charge on any atom is 0.326 e. The summed E-state index contributed by atoms with van der Waals surface area (Å²) in [6.45, 7) is 2.45. The van der Waals surface area contributed by atoms with Gasteiger partial charge in [0.15, 0.2) is 0 Å². The van der Waals surface area contributed by atoms with Gasteiger partial charge in [-0.2, -0.15) is 0 Å². The number of hydrogen-bond donors (Lipinski definition) is 3. The van der Waals surface area contributed by atoms with Crippen molar-refractivity contribution in [2.24, 2.45) is 0 Å². The molecular formula is C10H16N2O5. The first kappa shape index (κ1) is 13.3. The molecule has 0 aromatic carbocycles. The average Bonchev–Trinajstić information content (AvgIpc) is 2.62. The van der Waals surface area contributed by atoms with E-state index < -0.39 is 30.4 Å². The molecule has 1 heterocycles. The number of urea groups is 1. The molecule has 0 bridgehead atoms. The number of rotatable bonds is 4. The quantitative estimate of drug-likeness (QED) is 0.650. The maximum atomic E-state index is 11.7. The van der Waals surface area contributed by atoms with Gasteiger partial charge in [-0.1, -0.05) is 0 Å². The van der Waals surface area contributed by atoms with E-state index in [9.17, 15) is 14.4 Å². The largest absolute Gasteiger partial charge is 0.481 e. The van der Waals surface area contributed by atoms with Crippen LogP contribution in [0.4, 0.5) is 4.79 Å². The molecule has 96 valence electrons. The third-order valence-electron chi connectivity index (χ3n) is 2.79. The van der Waals surface area contributed by atoms with E-state index >= 15 is 0 Å². The molecule has 2 unspecified atom stereocenters. The lowest BCUT2D eigenvalue weighted by Gasteiger charge is -2.23. The standard InChI is InChI=1S/C10H16N2O5/c1-6-3-2-4-12(6)10(17)11-7(9(15)16)5-8(13)14/h6-7H,2-5H2,1H3,(H,11,17)(H,13,14)(H,15,16). The maximum absolute atomic E-state index is 11.7. The number of carboxylic acids is 2. The van der Waals surface area contributed by atoms with Crippen molar-refractivity contribution in [1.29, 1.82) is 0 Å². The van der Waals surface area contributed by atoms with Crippen molar-refractivity contribution in [3.05, 3.63) is 0 Å². The fraction of sp³-hybridized carbons (Fsp3) is 0.700. The number of likely N-dealkylation sites (tertiary alicyclic amines) is 1. The molecule has 0 radical (unpaired) electrons. The van der Waals surface area contributed by atoms with E-state index in [-0.39, 0.29) is 6.04 Å². The first-order valence-corrected chi connectivity index (χ1v) is 5.43. The molecule has 17 heavy (non-hydrogen) atoms. The van der Waals surface area contributed by atoms with E-state index in [1.807, 2.05) is 6.92 Å². The Balaban J connectivity index is 2.57. The zero-order chi connectivity index (χ0) is 13.0. The molecule has 7 nitrogen and oxygen atoms in total. The highest BCUT2D eigenvalue weighted by molar-refractivity contribution is 5.86. The number of aliphatic carboxylic acids is 2. The molecule has 0 aromatic rings. The summed E-state index contributed by atoms with van der Waals surface area (Å²) >= 11 is 0. The third kappa shape index (κ3) is 3.61. The van der Waals surface area contributed by atoms with Crippen LogP contribution in [0.1, 0.15) is 26.2 Å². The monoisotopic (exact) mass is 244 g/mol. The second-order valence-corrected chi connectivity index (χ2v) is 4.12. The predicted octanol–water partition coefficient (Wildman–Crippen LogP) is 0.108. The smallest absolute Gasteiger partial charge is 0.326 e. The first-order chi connectivity index (χ1) is 7.91. The molecule has 1 aliphatic heterocycles. The second kappa shape index (κ2) is 5.51. The summed E-state index contributed by atoms with van der Waals surface area (Å²) in [5, 5.41) is 19.5. The number of nitrogens with zero attached hydrogens (tertiary/aromatic N) is 1. The molecule has 7 heteroatoms. The lowest BCUT2D eigenvalue weighted by molar-refractivity contribution is -0.145. The SMILES string of the molecule is CC1CCCN1C(=O)NC(CC(=O)O)C(=O)O. The van der Waals surface area contributed by atoms with Crippen LogP contribution in [0.3, 0.4) is 0 Å². The van der Waals surface area contributed by atoms with Gasteiger partial charge in [-0.25, -0.2) is 9.59 Å². The Morgan fingerprint density at radius 2 is 2.06 bits per heavy atom. The fourth-order valence-corrected chi connectivity index (χ4v) is 1.84. The Bertz CT molecular complexity index is 331. The highest BCUT2D eigenvalue weighted by atomic mass is 16.4. The molecule has 1 fully saturated rings. The van der Waals surface area contributed by atoms with Gasteiger partial charge in [-0.15, -0.1) is 0 Å². The van der Waals surface area contributed by atoms with Gasteiger partial charge in [0.2, 0.25) is 0 Å².